The zero-order chi connectivity index (χ0) is 16.4. The van der Waals surface area contributed by atoms with Crippen molar-refractivity contribution in [2.45, 2.75) is 19.6 Å². The van der Waals surface area contributed by atoms with E-state index in [0.29, 0.717) is 10.7 Å². The van der Waals surface area contributed by atoms with Crippen molar-refractivity contribution in [1.29, 1.82) is 0 Å². The van der Waals surface area contributed by atoms with Crippen molar-refractivity contribution in [3.05, 3.63) is 51.6 Å². The van der Waals surface area contributed by atoms with Crippen molar-refractivity contribution in [3.63, 3.8) is 0 Å². The molecule has 0 aliphatic carbocycles. The molecule has 23 heavy (non-hydrogen) atoms. The first-order valence-corrected chi connectivity index (χ1v) is 8.09. The molecule has 120 valence electrons. The molecule has 1 amide bonds. The second kappa shape index (κ2) is 6.49. The summed E-state index contributed by atoms with van der Waals surface area (Å²) in [6, 6.07) is 9.14. The molecular weight excluding hydrogens is 312 g/mol. The topological polar surface area (TPSA) is 104 Å². The SMILES string of the molecule is Cc1nc(C(CN)NC(=O)c2cc3ccccc3[nH]2)sc1CO. The van der Waals surface area contributed by atoms with Crippen molar-refractivity contribution in [2.24, 2.45) is 5.73 Å². The van der Waals surface area contributed by atoms with Gasteiger partial charge in [-0.05, 0) is 19.1 Å². The van der Waals surface area contributed by atoms with Crippen LogP contribution in [0.4, 0.5) is 0 Å². The second-order valence-corrected chi connectivity index (χ2v) is 6.37. The number of aromatic nitrogens is 2. The summed E-state index contributed by atoms with van der Waals surface area (Å²) in [5.41, 5.74) is 7.95. The number of rotatable bonds is 5. The highest BCUT2D eigenvalue weighted by Gasteiger charge is 2.20. The Hall–Kier alpha value is -2.22. The minimum atomic E-state index is -0.377. The molecule has 5 N–H and O–H groups in total. The average Bonchev–Trinajstić information content (AvgIpc) is 3.15. The highest BCUT2D eigenvalue weighted by atomic mass is 32.1. The maximum absolute atomic E-state index is 12.4. The molecule has 3 aromatic rings. The van der Waals surface area contributed by atoms with E-state index in [0.717, 1.165) is 21.5 Å². The van der Waals surface area contributed by atoms with Gasteiger partial charge < -0.3 is 21.1 Å². The first-order chi connectivity index (χ1) is 11.1. The van der Waals surface area contributed by atoms with Crippen LogP contribution in [0.25, 0.3) is 10.9 Å². The Balaban J connectivity index is 1.81. The number of aryl methyl sites for hydroxylation is 1. The Kier molecular flexibility index (Phi) is 4.42. The van der Waals surface area contributed by atoms with Gasteiger partial charge in [0.05, 0.1) is 23.2 Å². The fourth-order valence-electron chi connectivity index (χ4n) is 2.40. The molecule has 0 bridgehead atoms. The van der Waals surface area contributed by atoms with Gasteiger partial charge in [-0.1, -0.05) is 18.2 Å². The summed E-state index contributed by atoms with van der Waals surface area (Å²) < 4.78 is 0. The van der Waals surface area contributed by atoms with Gasteiger partial charge in [0, 0.05) is 17.4 Å². The first-order valence-electron chi connectivity index (χ1n) is 7.28. The number of carbonyl (C=O) groups is 1. The third kappa shape index (κ3) is 3.12. The summed E-state index contributed by atoms with van der Waals surface area (Å²) in [4.78, 5) is 20.7. The van der Waals surface area contributed by atoms with Crippen LogP contribution in [0.15, 0.2) is 30.3 Å². The number of benzene rings is 1. The van der Waals surface area contributed by atoms with Crippen molar-refractivity contribution >= 4 is 28.1 Å². The van der Waals surface area contributed by atoms with Crippen molar-refractivity contribution in [1.82, 2.24) is 15.3 Å². The van der Waals surface area contributed by atoms with Gasteiger partial charge in [-0.15, -0.1) is 11.3 Å². The van der Waals surface area contributed by atoms with E-state index in [4.69, 9.17) is 5.73 Å². The molecule has 2 heterocycles. The molecule has 2 aromatic heterocycles. The lowest BCUT2D eigenvalue weighted by molar-refractivity contribution is 0.0933. The lowest BCUT2D eigenvalue weighted by atomic mass is 10.2. The van der Waals surface area contributed by atoms with Crippen LogP contribution in [0.2, 0.25) is 0 Å². The first kappa shape index (κ1) is 15.7. The molecule has 7 heteroatoms. The zero-order valence-corrected chi connectivity index (χ0v) is 13.5. The van der Waals surface area contributed by atoms with Gasteiger partial charge in [0.2, 0.25) is 0 Å². The molecular formula is C16H18N4O2S. The molecule has 0 aliphatic heterocycles. The molecule has 0 spiro atoms. The van der Waals surface area contributed by atoms with E-state index < -0.39 is 0 Å². The van der Waals surface area contributed by atoms with E-state index in [1.54, 1.807) is 0 Å². The Morgan fingerprint density at radius 1 is 1.48 bits per heavy atom. The molecule has 1 aromatic carbocycles. The summed E-state index contributed by atoms with van der Waals surface area (Å²) in [5, 5.41) is 13.9. The van der Waals surface area contributed by atoms with Gasteiger partial charge in [0.25, 0.3) is 5.91 Å². The van der Waals surface area contributed by atoms with Crippen LogP contribution in [0, 0.1) is 6.92 Å². The third-order valence-electron chi connectivity index (χ3n) is 3.67. The number of amides is 1. The number of carbonyl (C=O) groups excluding carboxylic acids is 1. The van der Waals surface area contributed by atoms with E-state index in [1.165, 1.54) is 11.3 Å². The molecule has 6 nitrogen and oxygen atoms in total. The fraction of sp³-hybridized carbons (Fsp3) is 0.250. The molecule has 0 saturated carbocycles. The number of H-pyrrole nitrogens is 1. The summed E-state index contributed by atoms with van der Waals surface area (Å²) in [5.74, 6) is -0.227. The van der Waals surface area contributed by atoms with E-state index in [2.05, 4.69) is 15.3 Å². The van der Waals surface area contributed by atoms with E-state index >= 15 is 0 Å². The molecule has 3 rings (SSSR count). The molecule has 0 saturated heterocycles. The average molecular weight is 330 g/mol. The minimum Gasteiger partial charge on any atom is -0.391 e. The van der Waals surface area contributed by atoms with Gasteiger partial charge in [-0.2, -0.15) is 0 Å². The number of nitrogens with zero attached hydrogens (tertiary/aromatic N) is 1. The van der Waals surface area contributed by atoms with E-state index in [9.17, 15) is 9.90 Å². The number of para-hydroxylation sites is 1. The number of nitrogens with one attached hydrogen (secondary N) is 2. The smallest absolute Gasteiger partial charge is 0.268 e. The number of hydrogen-bond donors (Lipinski definition) is 4. The minimum absolute atomic E-state index is 0.0588. The van der Waals surface area contributed by atoms with Gasteiger partial charge >= 0.3 is 0 Å². The van der Waals surface area contributed by atoms with Crippen molar-refractivity contribution < 1.29 is 9.90 Å². The van der Waals surface area contributed by atoms with E-state index in [1.807, 2.05) is 37.3 Å². The van der Waals surface area contributed by atoms with Crippen LogP contribution in [-0.4, -0.2) is 27.5 Å². The molecule has 0 radical (unpaired) electrons. The number of fused-ring (bicyclic) bond motifs is 1. The molecule has 0 aliphatic rings. The summed E-state index contributed by atoms with van der Waals surface area (Å²) in [6.07, 6.45) is 0. The highest BCUT2D eigenvalue weighted by molar-refractivity contribution is 7.11. The van der Waals surface area contributed by atoms with E-state index in [-0.39, 0.29) is 25.1 Å². The number of aromatic amines is 1. The molecule has 1 unspecified atom stereocenters. The number of aliphatic hydroxyl groups is 1. The summed E-state index contributed by atoms with van der Waals surface area (Å²) in [6.45, 7) is 2.01. The summed E-state index contributed by atoms with van der Waals surface area (Å²) >= 11 is 1.37. The number of hydrogen-bond acceptors (Lipinski definition) is 5. The van der Waals surface area contributed by atoms with Crippen molar-refractivity contribution in [2.75, 3.05) is 6.54 Å². The number of thiazole rings is 1. The van der Waals surface area contributed by atoms with Gasteiger partial charge in [-0.25, -0.2) is 4.98 Å². The molecule has 1 atom stereocenters. The third-order valence-corrected chi connectivity index (χ3v) is 4.92. The normalized spacial score (nSPS) is 12.5. The quantitative estimate of drug-likeness (QED) is 0.573. The number of nitrogens with two attached hydrogens (primary N) is 1. The van der Waals surface area contributed by atoms with Crippen LogP contribution >= 0.6 is 11.3 Å². The standard InChI is InChI=1S/C16H18N4O2S/c1-9-14(8-21)23-16(18-9)13(7-17)20-15(22)12-6-10-4-2-3-5-11(10)19-12/h2-6,13,19,21H,7-8,17H2,1H3,(H,20,22). The van der Waals surface area contributed by atoms with Gasteiger partial charge in [0.15, 0.2) is 0 Å². The Morgan fingerprint density at radius 2 is 2.26 bits per heavy atom. The van der Waals surface area contributed by atoms with Crippen LogP contribution < -0.4 is 11.1 Å². The number of aliphatic hydroxyl groups excluding tert-OH is 1. The Labute approximate surface area is 137 Å². The Bertz CT molecular complexity index is 807. The lowest BCUT2D eigenvalue weighted by Crippen LogP contribution is -2.33. The van der Waals surface area contributed by atoms with Gasteiger partial charge in [0.1, 0.15) is 10.7 Å². The largest absolute Gasteiger partial charge is 0.391 e. The lowest BCUT2D eigenvalue weighted by Gasteiger charge is -2.13. The maximum atomic E-state index is 12.4. The van der Waals surface area contributed by atoms with Crippen LogP contribution in [-0.2, 0) is 6.61 Å². The van der Waals surface area contributed by atoms with Crippen LogP contribution in [0.5, 0.6) is 0 Å². The highest BCUT2D eigenvalue weighted by Crippen LogP contribution is 2.24. The van der Waals surface area contributed by atoms with Crippen LogP contribution in [0.1, 0.15) is 32.1 Å². The zero-order valence-electron chi connectivity index (χ0n) is 12.7. The van der Waals surface area contributed by atoms with Gasteiger partial charge in [-0.3, -0.25) is 4.79 Å². The van der Waals surface area contributed by atoms with Crippen LogP contribution in [0.3, 0.4) is 0 Å². The molecule has 0 fully saturated rings. The monoisotopic (exact) mass is 330 g/mol. The predicted octanol–water partition coefficient (Wildman–Crippen LogP) is 1.85. The second-order valence-electron chi connectivity index (χ2n) is 5.25. The summed E-state index contributed by atoms with van der Waals surface area (Å²) in [7, 11) is 0. The fourth-order valence-corrected chi connectivity index (χ4v) is 3.39. The predicted molar refractivity (Wildman–Crippen MR) is 90.3 cm³/mol. The Morgan fingerprint density at radius 3 is 2.91 bits per heavy atom. The maximum Gasteiger partial charge on any atom is 0.268 e. The van der Waals surface area contributed by atoms with Crippen molar-refractivity contribution in [3.8, 4) is 0 Å².